The highest BCUT2D eigenvalue weighted by Gasteiger charge is 2.44. The number of hydrogen-bond donors (Lipinski definition) is 1. The van der Waals surface area contributed by atoms with Gasteiger partial charge < -0.3 is 10.0 Å². The van der Waals surface area contributed by atoms with E-state index in [1.165, 1.54) is 6.42 Å². The molecule has 3 nitrogen and oxygen atoms in total. The van der Waals surface area contributed by atoms with E-state index in [9.17, 15) is 23.1 Å². The lowest BCUT2D eigenvalue weighted by atomic mass is 9.90. The van der Waals surface area contributed by atoms with Crippen LogP contribution in [0.4, 0.5) is 13.2 Å². The molecule has 6 heteroatoms. The van der Waals surface area contributed by atoms with Gasteiger partial charge >= 0.3 is 6.18 Å². The van der Waals surface area contributed by atoms with E-state index in [1.807, 2.05) is 0 Å². The highest BCUT2D eigenvalue weighted by Crippen LogP contribution is 2.32. The van der Waals surface area contributed by atoms with Crippen molar-refractivity contribution in [2.45, 2.75) is 57.2 Å². The third kappa shape index (κ3) is 4.46. The van der Waals surface area contributed by atoms with E-state index in [1.54, 1.807) is 4.90 Å². The predicted octanol–water partition coefficient (Wildman–Crippen LogP) is 3.04. The Bertz CT molecular complexity index is 398. The van der Waals surface area contributed by atoms with Gasteiger partial charge in [0.2, 0.25) is 5.91 Å². The van der Waals surface area contributed by atoms with Gasteiger partial charge in [-0.2, -0.15) is 13.2 Å². The number of halogens is 3. The van der Waals surface area contributed by atoms with E-state index in [4.69, 9.17) is 0 Å². The van der Waals surface area contributed by atoms with Crippen LogP contribution in [0.1, 0.15) is 44.9 Å². The molecule has 1 N–H and O–H groups in total. The highest BCUT2D eigenvalue weighted by molar-refractivity contribution is 5.78. The Morgan fingerprint density at radius 1 is 1.33 bits per heavy atom. The van der Waals surface area contributed by atoms with Crippen molar-refractivity contribution in [2.24, 2.45) is 5.92 Å². The molecule has 2 rings (SSSR count). The first-order valence-electron chi connectivity index (χ1n) is 7.58. The number of carbonyl (C=O) groups excluding carboxylic acids is 1. The molecule has 0 saturated carbocycles. The van der Waals surface area contributed by atoms with Gasteiger partial charge in [0.1, 0.15) is 0 Å². The Morgan fingerprint density at radius 3 is 2.52 bits per heavy atom. The van der Waals surface area contributed by atoms with Crippen molar-refractivity contribution in [1.82, 2.24) is 4.90 Å². The van der Waals surface area contributed by atoms with E-state index in [-0.39, 0.29) is 18.7 Å². The fraction of sp³-hybridized carbons (Fsp3) is 0.800. The molecule has 1 aliphatic carbocycles. The zero-order chi connectivity index (χ0) is 15.5. The monoisotopic (exact) mass is 305 g/mol. The zero-order valence-corrected chi connectivity index (χ0v) is 12.0. The van der Waals surface area contributed by atoms with Crippen molar-refractivity contribution >= 4 is 5.91 Å². The van der Waals surface area contributed by atoms with E-state index >= 15 is 0 Å². The average Bonchev–Trinajstić information content (AvgIpc) is 2.46. The molecular formula is C15H22F3NO2. The van der Waals surface area contributed by atoms with Gasteiger partial charge in [0.05, 0.1) is 0 Å². The number of alkyl halides is 3. The van der Waals surface area contributed by atoms with E-state index in [2.05, 4.69) is 6.08 Å². The van der Waals surface area contributed by atoms with Crippen molar-refractivity contribution in [3.63, 3.8) is 0 Å². The number of piperidine rings is 1. The fourth-order valence-electron chi connectivity index (χ4n) is 3.10. The molecule has 1 saturated heterocycles. The van der Waals surface area contributed by atoms with Gasteiger partial charge in [0.25, 0.3) is 0 Å². The summed E-state index contributed by atoms with van der Waals surface area (Å²) < 4.78 is 37.4. The topological polar surface area (TPSA) is 40.5 Å². The molecule has 1 amide bonds. The summed E-state index contributed by atoms with van der Waals surface area (Å²) in [6.45, 7) is 0.619. The van der Waals surface area contributed by atoms with Crippen LogP contribution in [0.2, 0.25) is 0 Å². The first-order chi connectivity index (χ1) is 9.88. The van der Waals surface area contributed by atoms with Crippen molar-refractivity contribution in [3.8, 4) is 0 Å². The van der Waals surface area contributed by atoms with Gasteiger partial charge in [0.15, 0.2) is 6.10 Å². The van der Waals surface area contributed by atoms with E-state index in [0.29, 0.717) is 19.5 Å². The molecule has 1 heterocycles. The van der Waals surface area contributed by atoms with Gasteiger partial charge in [-0.25, -0.2) is 0 Å². The number of likely N-dealkylation sites (tertiary alicyclic amines) is 1. The van der Waals surface area contributed by atoms with Gasteiger partial charge in [-0.05, 0) is 44.4 Å². The lowest BCUT2D eigenvalue weighted by Gasteiger charge is -2.35. The van der Waals surface area contributed by atoms with Crippen LogP contribution in [0.5, 0.6) is 0 Å². The molecule has 1 aliphatic heterocycles. The minimum atomic E-state index is -4.57. The van der Waals surface area contributed by atoms with Crippen molar-refractivity contribution < 1.29 is 23.1 Å². The van der Waals surface area contributed by atoms with Gasteiger partial charge in [-0.15, -0.1) is 0 Å². The summed E-state index contributed by atoms with van der Waals surface area (Å²) in [6.07, 6.45) is 0.347. The summed E-state index contributed by atoms with van der Waals surface area (Å²) >= 11 is 0. The molecule has 0 bridgehead atoms. The smallest absolute Gasteiger partial charge is 0.383 e. The quantitative estimate of drug-likeness (QED) is 0.814. The number of rotatable bonds is 3. The molecule has 0 aromatic carbocycles. The Hall–Kier alpha value is -1.04. The predicted molar refractivity (Wildman–Crippen MR) is 72.5 cm³/mol. The normalized spacial score (nSPS) is 22.9. The second-order valence-electron chi connectivity index (χ2n) is 5.99. The van der Waals surface area contributed by atoms with Crippen LogP contribution in [0.15, 0.2) is 11.6 Å². The molecule has 0 radical (unpaired) electrons. The van der Waals surface area contributed by atoms with E-state index < -0.39 is 18.2 Å². The van der Waals surface area contributed by atoms with Crippen molar-refractivity contribution in [2.75, 3.05) is 13.1 Å². The van der Waals surface area contributed by atoms with Crippen LogP contribution >= 0.6 is 0 Å². The van der Waals surface area contributed by atoms with Crippen LogP contribution in [0.25, 0.3) is 0 Å². The Kier molecular flexibility index (Phi) is 5.30. The summed E-state index contributed by atoms with van der Waals surface area (Å²) in [5.74, 6) is -0.786. The second kappa shape index (κ2) is 6.81. The van der Waals surface area contributed by atoms with Crippen LogP contribution < -0.4 is 0 Å². The van der Waals surface area contributed by atoms with Crippen molar-refractivity contribution in [1.29, 1.82) is 0 Å². The number of hydrogen-bond acceptors (Lipinski definition) is 2. The van der Waals surface area contributed by atoms with Gasteiger partial charge in [0, 0.05) is 19.5 Å². The number of carbonyl (C=O) groups is 1. The lowest BCUT2D eigenvalue weighted by Crippen LogP contribution is -2.45. The summed E-state index contributed by atoms with van der Waals surface area (Å²) in [7, 11) is 0. The third-order valence-electron chi connectivity index (χ3n) is 4.44. The molecule has 2 aliphatic rings. The van der Waals surface area contributed by atoms with Crippen molar-refractivity contribution in [3.05, 3.63) is 11.6 Å². The van der Waals surface area contributed by atoms with E-state index in [0.717, 1.165) is 24.8 Å². The first kappa shape index (κ1) is 16.3. The number of amides is 1. The molecule has 21 heavy (non-hydrogen) atoms. The largest absolute Gasteiger partial charge is 0.414 e. The lowest BCUT2D eigenvalue weighted by molar-refractivity contribution is -0.222. The molecule has 1 unspecified atom stereocenters. The number of aliphatic hydroxyl groups is 1. The summed E-state index contributed by atoms with van der Waals surface area (Å²) in [4.78, 5) is 13.8. The first-order valence-corrected chi connectivity index (χ1v) is 7.58. The minimum absolute atomic E-state index is 0.00287. The zero-order valence-electron chi connectivity index (χ0n) is 12.0. The molecule has 0 aromatic rings. The second-order valence-corrected chi connectivity index (χ2v) is 5.99. The summed E-state index contributed by atoms with van der Waals surface area (Å²) in [6, 6.07) is 0. The maximum atomic E-state index is 12.5. The number of aliphatic hydroxyl groups excluding tert-OH is 1. The number of allylic oxidation sites excluding steroid dienone is 1. The molecule has 1 atom stereocenters. The Balaban J connectivity index is 1.80. The number of nitrogens with zero attached hydrogens (tertiary/aromatic N) is 1. The standard InChI is InChI=1S/C15H22F3NO2/c16-15(17,18)14(21)12-6-8-19(9-7-12)13(20)10-11-4-2-1-3-5-11/h4,12,14,21H,1-3,5-10H2. The maximum Gasteiger partial charge on any atom is 0.414 e. The van der Waals surface area contributed by atoms with Crippen LogP contribution in [-0.4, -0.2) is 41.3 Å². The summed E-state index contributed by atoms with van der Waals surface area (Å²) in [5, 5.41) is 9.26. The molecule has 0 spiro atoms. The summed E-state index contributed by atoms with van der Waals surface area (Å²) in [5.41, 5.74) is 1.16. The molecule has 0 aromatic heterocycles. The SMILES string of the molecule is O=C(CC1=CCCCC1)N1CCC(C(O)C(F)(F)F)CC1. The maximum absolute atomic E-state index is 12.5. The fourth-order valence-corrected chi connectivity index (χ4v) is 3.10. The molecule has 120 valence electrons. The van der Waals surface area contributed by atoms with Gasteiger partial charge in [-0.1, -0.05) is 11.6 Å². The Morgan fingerprint density at radius 2 is 2.00 bits per heavy atom. The Labute approximate surface area is 122 Å². The van der Waals surface area contributed by atoms with Gasteiger partial charge in [-0.3, -0.25) is 4.79 Å². The van der Waals surface area contributed by atoms with Crippen LogP contribution in [-0.2, 0) is 4.79 Å². The molecule has 1 fully saturated rings. The third-order valence-corrected chi connectivity index (χ3v) is 4.44. The highest BCUT2D eigenvalue weighted by atomic mass is 19.4. The minimum Gasteiger partial charge on any atom is -0.383 e. The van der Waals surface area contributed by atoms with Crippen LogP contribution in [0.3, 0.4) is 0 Å². The molecular weight excluding hydrogens is 283 g/mol. The average molecular weight is 305 g/mol. The van der Waals surface area contributed by atoms with Crippen LogP contribution in [0, 0.1) is 5.92 Å².